The molecule has 0 aliphatic carbocycles. The lowest BCUT2D eigenvalue weighted by atomic mass is 10.2. The second-order valence-corrected chi connectivity index (χ2v) is 13.3. The molecule has 0 spiro atoms. The van der Waals surface area contributed by atoms with Crippen molar-refractivity contribution < 1.29 is 9.53 Å². The lowest BCUT2D eigenvalue weighted by Crippen LogP contribution is -2.40. The highest BCUT2D eigenvalue weighted by molar-refractivity contribution is 7.99. The van der Waals surface area contributed by atoms with Crippen molar-refractivity contribution in [3.05, 3.63) is 24.3 Å². The quantitative estimate of drug-likeness (QED) is 0.336. The number of hydrogen-bond acceptors (Lipinski definition) is 3. The number of hydrogen-bond donors (Lipinski definition) is 1. The van der Waals surface area contributed by atoms with E-state index >= 15 is 0 Å². The Hall–Kier alpha value is -0.453. The number of benzene rings is 1. The van der Waals surface area contributed by atoms with E-state index < -0.39 is 8.32 Å². The van der Waals surface area contributed by atoms with E-state index in [-0.39, 0.29) is 0 Å². The Morgan fingerprint density at radius 3 is 2.18 bits per heavy atom. The summed E-state index contributed by atoms with van der Waals surface area (Å²) in [5.74, 6) is 1.49. The Labute approximate surface area is 141 Å². The molecule has 0 aliphatic heterocycles. The maximum absolute atomic E-state index is 9.24. The molecule has 1 aromatic rings. The van der Waals surface area contributed by atoms with Crippen LogP contribution in [-0.4, -0.2) is 25.8 Å². The Bertz CT molecular complexity index is 424. The van der Waals surface area contributed by atoms with Crippen molar-refractivity contribution in [2.75, 3.05) is 12.4 Å². The summed E-state index contributed by atoms with van der Waals surface area (Å²) in [7, 11) is -1.55. The van der Waals surface area contributed by atoms with Gasteiger partial charge >= 0.3 is 0 Å². The fraction of sp³-hybridized carbons (Fsp3) is 0.667. The second kappa shape index (κ2) is 8.99. The van der Waals surface area contributed by atoms with Crippen LogP contribution in [0.25, 0.3) is 0 Å². The van der Waals surface area contributed by atoms with E-state index in [9.17, 15) is 5.11 Å². The normalized spacial score (nSPS) is 12.6. The third kappa shape index (κ3) is 7.21. The third-order valence-electron chi connectivity index (χ3n) is 4.41. The van der Waals surface area contributed by atoms with Crippen LogP contribution in [0.15, 0.2) is 29.2 Å². The van der Waals surface area contributed by atoms with Crippen molar-refractivity contribution in [3.8, 4) is 5.75 Å². The Kier molecular flexibility index (Phi) is 8.01. The fourth-order valence-corrected chi connectivity index (χ4v) is 3.83. The lowest BCUT2D eigenvalue weighted by molar-refractivity contribution is 0.278. The summed E-state index contributed by atoms with van der Waals surface area (Å²) in [5, 5.41) is 9.55. The van der Waals surface area contributed by atoms with Gasteiger partial charge in [-0.2, -0.15) is 0 Å². The van der Waals surface area contributed by atoms with E-state index in [4.69, 9.17) is 4.43 Å². The molecule has 0 aliphatic rings. The fourth-order valence-electron chi connectivity index (χ4n) is 1.83. The van der Waals surface area contributed by atoms with Gasteiger partial charge in [-0.05, 0) is 61.0 Å². The molecule has 0 aromatic heterocycles. The Balaban J connectivity index is 2.03. The molecule has 0 saturated carbocycles. The zero-order valence-corrected chi connectivity index (χ0v) is 16.6. The van der Waals surface area contributed by atoms with Crippen molar-refractivity contribution in [1.82, 2.24) is 0 Å². The maximum Gasteiger partial charge on any atom is 0.191 e. The predicted molar refractivity (Wildman–Crippen MR) is 100 cm³/mol. The summed E-state index contributed by atoms with van der Waals surface area (Å²) in [6.07, 6.45) is 4.94. The average molecular weight is 341 g/mol. The first-order valence-corrected chi connectivity index (χ1v) is 12.2. The number of rotatable bonds is 9. The van der Waals surface area contributed by atoms with Gasteiger partial charge < -0.3 is 9.53 Å². The highest BCUT2D eigenvalue weighted by Crippen LogP contribution is 2.36. The van der Waals surface area contributed by atoms with Crippen LogP contribution in [0.3, 0.4) is 0 Å². The molecule has 0 atom stereocenters. The van der Waals surface area contributed by atoms with E-state index in [0.717, 1.165) is 12.4 Å². The Morgan fingerprint density at radius 2 is 1.59 bits per heavy atom. The SMILES string of the molecule is CC(C)(C)[Si](C)(C)OCCCCCCSc1ccc(O)cc1. The van der Waals surface area contributed by atoms with Gasteiger partial charge in [-0.15, -0.1) is 11.8 Å². The molecule has 0 saturated heterocycles. The average Bonchev–Trinajstić information content (AvgIpc) is 2.42. The lowest BCUT2D eigenvalue weighted by Gasteiger charge is -2.36. The third-order valence-corrected chi connectivity index (χ3v) is 10.0. The summed E-state index contributed by atoms with van der Waals surface area (Å²) in [5.41, 5.74) is 0. The monoisotopic (exact) mass is 340 g/mol. The second-order valence-electron chi connectivity index (χ2n) is 7.37. The highest BCUT2D eigenvalue weighted by Gasteiger charge is 2.36. The minimum absolute atomic E-state index is 0.313. The summed E-state index contributed by atoms with van der Waals surface area (Å²) in [4.78, 5) is 1.24. The predicted octanol–water partition coefficient (Wildman–Crippen LogP) is 6.07. The molecule has 1 aromatic carbocycles. The van der Waals surface area contributed by atoms with Crippen LogP contribution in [0, 0.1) is 0 Å². The first kappa shape index (κ1) is 19.6. The smallest absolute Gasteiger partial charge is 0.191 e. The van der Waals surface area contributed by atoms with Crippen molar-refractivity contribution in [3.63, 3.8) is 0 Å². The van der Waals surface area contributed by atoms with Crippen LogP contribution in [0.2, 0.25) is 18.1 Å². The van der Waals surface area contributed by atoms with E-state index in [1.165, 1.54) is 30.6 Å². The minimum Gasteiger partial charge on any atom is -0.508 e. The summed E-state index contributed by atoms with van der Waals surface area (Å²) < 4.78 is 6.19. The van der Waals surface area contributed by atoms with E-state index in [2.05, 4.69) is 33.9 Å². The largest absolute Gasteiger partial charge is 0.508 e. The van der Waals surface area contributed by atoms with Gasteiger partial charge in [-0.25, -0.2) is 0 Å². The zero-order valence-electron chi connectivity index (χ0n) is 14.8. The molecule has 4 heteroatoms. The van der Waals surface area contributed by atoms with E-state index in [1.54, 1.807) is 12.1 Å². The number of unbranched alkanes of at least 4 members (excludes halogenated alkanes) is 3. The summed E-state index contributed by atoms with van der Waals surface area (Å²) in [6.45, 7) is 12.4. The maximum atomic E-state index is 9.24. The molecular weight excluding hydrogens is 308 g/mol. The van der Waals surface area contributed by atoms with Crippen LogP contribution >= 0.6 is 11.8 Å². The van der Waals surface area contributed by atoms with E-state index in [0.29, 0.717) is 10.8 Å². The molecule has 0 heterocycles. The first-order chi connectivity index (χ1) is 10.2. The van der Waals surface area contributed by atoms with Crippen LogP contribution < -0.4 is 0 Å². The molecule has 1 N–H and O–H groups in total. The molecule has 0 amide bonds. The van der Waals surface area contributed by atoms with Crippen LogP contribution in [0.5, 0.6) is 5.75 Å². The molecule has 0 unspecified atom stereocenters. The van der Waals surface area contributed by atoms with Gasteiger partial charge in [0.1, 0.15) is 5.75 Å². The van der Waals surface area contributed by atoms with Gasteiger partial charge in [0.2, 0.25) is 0 Å². The topological polar surface area (TPSA) is 29.5 Å². The molecule has 126 valence electrons. The molecule has 1 rings (SSSR count). The standard InChI is InChI=1S/C18H32O2SSi/c1-18(2,3)22(4,5)20-14-8-6-7-9-15-21-17-12-10-16(19)11-13-17/h10-13,19H,6-9,14-15H2,1-5H3. The zero-order chi connectivity index (χ0) is 16.6. The summed E-state index contributed by atoms with van der Waals surface area (Å²) in [6, 6.07) is 7.46. The number of thioether (sulfide) groups is 1. The van der Waals surface area contributed by atoms with Gasteiger partial charge in [0.25, 0.3) is 0 Å². The van der Waals surface area contributed by atoms with Gasteiger partial charge in [-0.3, -0.25) is 0 Å². The Morgan fingerprint density at radius 1 is 1.00 bits per heavy atom. The molecule has 2 nitrogen and oxygen atoms in total. The number of phenolic OH excluding ortho intramolecular Hbond substituents is 1. The van der Waals surface area contributed by atoms with Crippen molar-refractivity contribution >= 4 is 20.1 Å². The van der Waals surface area contributed by atoms with Crippen LogP contribution in [0.1, 0.15) is 46.5 Å². The van der Waals surface area contributed by atoms with Crippen molar-refractivity contribution in [2.45, 2.75) is 69.5 Å². The van der Waals surface area contributed by atoms with Gasteiger partial charge in [0, 0.05) is 11.5 Å². The van der Waals surface area contributed by atoms with Gasteiger partial charge in [0.05, 0.1) is 0 Å². The number of aromatic hydroxyl groups is 1. The van der Waals surface area contributed by atoms with Gasteiger partial charge in [-0.1, -0.05) is 33.6 Å². The van der Waals surface area contributed by atoms with Crippen molar-refractivity contribution in [1.29, 1.82) is 0 Å². The van der Waals surface area contributed by atoms with Crippen LogP contribution in [-0.2, 0) is 4.43 Å². The molecule has 0 radical (unpaired) electrons. The molecule has 22 heavy (non-hydrogen) atoms. The van der Waals surface area contributed by atoms with Crippen LogP contribution in [0.4, 0.5) is 0 Å². The first-order valence-electron chi connectivity index (χ1n) is 8.28. The number of phenols is 1. The van der Waals surface area contributed by atoms with Gasteiger partial charge in [0.15, 0.2) is 8.32 Å². The minimum atomic E-state index is -1.55. The molecular formula is C18H32O2SSi. The molecule has 0 fully saturated rings. The molecule has 0 bridgehead atoms. The summed E-state index contributed by atoms with van der Waals surface area (Å²) >= 11 is 1.87. The van der Waals surface area contributed by atoms with Crippen molar-refractivity contribution in [2.24, 2.45) is 0 Å². The van der Waals surface area contributed by atoms with E-state index in [1.807, 2.05) is 23.9 Å². The highest BCUT2D eigenvalue weighted by atomic mass is 32.2.